The van der Waals surface area contributed by atoms with Crippen LogP contribution in [0.4, 0.5) is 4.39 Å². The summed E-state index contributed by atoms with van der Waals surface area (Å²) in [6.45, 7) is 10.3. The molecule has 6 nitrogen and oxygen atoms in total. The molecule has 1 amide bonds. The Morgan fingerprint density at radius 3 is 2.25 bits per heavy atom. The van der Waals surface area contributed by atoms with Gasteiger partial charge in [0, 0.05) is 19.0 Å². The number of hydrogen-bond donors (Lipinski definition) is 0. The topological polar surface area (TPSA) is 72.9 Å². The van der Waals surface area contributed by atoms with E-state index in [1.54, 1.807) is 23.1 Å². The molecule has 0 fully saturated rings. The number of methoxy groups -OCH3 is 1. The number of benzene rings is 2. The molecule has 8 heteroatoms. The first-order valence-electron chi connectivity index (χ1n) is 10.5. The minimum absolute atomic E-state index is 0.00157. The van der Waals surface area contributed by atoms with Gasteiger partial charge in [-0.2, -0.15) is 8.42 Å². The van der Waals surface area contributed by atoms with Gasteiger partial charge in [0.2, 0.25) is 5.91 Å². The van der Waals surface area contributed by atoms with Crippen molar-refractivity contribution in [3.63, 3.8) is 0 Å². The summed E-state index contributed by atoms with van der Waals surface area (Å²) in [6.07, 6.45) is 1.18. The number of ether oxygens (including phenoxy) is 1. The van der Waals surface area contributed by atoms with Crippen molar-refractivity contribution in [1.82, 2.24) is 4.90 Å². The van der Waals surface area contributed by atoms with E-state index in [0.29, 0.717) is 18.5 Å². The van der Waals surface area contributed by atoms with Gasteiger partial charge in [0.25, 0.3) is 0 Å². The normalized spacial score (nSPS) is 12.8. The molecule has 2 rings (SSSR count). The zero-order chi connectivity index (χ0) is 24.1. The van der Waals surface area contributed by atoms with Crippen molar-refractivity contribution in [3.8, 4) is 11.5 Å². The van der Waals surface area contributed by atoms with Crippen molar-refractivity contribution in [2.24, 2.45) is 5.41 Å². The number of amides is 1. The summed E-state index contributed by atoms with van der Waals surface area (Å²) in [7, 11) is -2.79. The highest BCUT2D eigenvalue weighted by Crippen LogP contribution is 2.32. The van der Waals surface area contributed by atoms with Gasteiger partial charge in [0.05, 0.1) is 7.11 Å². The minimum Gasteiger partial charge on any atom is -0.493 e. The van der Waals surface area contributed by atoms with Crippen LogP contribution >= 0.6 is 0 Å². The molecule has 0 aliphatic carbocycles. The predicted molar refractivity (Wildman–Crippen MR) is 122 cm³/mol. The van der Waals surface area contributed by atoms with Crippen LogP contribution in [0, 0.1) is 11.2 Å². The monoisotopic (exact) mass is 465 g/mol. The molecule has 1 atom stereocenters. The van der Waals surface area contributed by atoms with Gasteiger partial charge in [-0.25, -0.2) is 4.39 Å². The number of hydrogen-bond acceptors (Lipinski definition) is 5. The summed E-state index contributed by atoms with van der Waals surface area (Å²) in [5.74, 6) is -0.283. The standard InChI is InChI=1S/C24H32FNO5S/c1-7-17(2)26(23(27)15-24(3,4)5)16-18-8-13-21(30-6)22(14-18)31-32(28,29)20-11-9-19(25)10-12-20/h8-14,17H,7,15-16H2,1-6H3/t17-/m0/s1. The molecule has 0 N–H and O–H groups in total. The second-order valence-corrected chi connectivity index (χ2v) is 10.5. The lowest BCUT2D eigenvalue weighted by molar-refractivity contribution is -0.135. The van der Waals surface area contributed by atoms with Gasteiger partial charge in [-0.1, -0.05) is 33.8 Å². The molecule has 0 heterocycles. The van der Waals surface area contributed by atoms with Gasteiger partial charge in [0.15, 0.2) is 11.5 Å². The second-order valence-electron chi connectivity index (χ2n) is 8.99. The first-order valence-corrected chi connectivity index (χ1v) is 11.9. The van der Waals surface area contributed by atoms with E-state index in [9.17, 15) is 17.6 Å². The third-order valence-corrected chi connectivity index (χ3v) is 6.26. The summed E-state index contributed by atoms with van der Waals surface area (Å²) in [6, 6.07) is 9.32. The quantitative estimate of drug-likeness (QED) is 0.478. The first kappa shape index (κ1) is 25.6. The van der Waals surface area contributed by atoms with Crippen molar-refractivity contribution >= 4 is 16.0 Å². The molecule has 0 unspecified atom stereocenters. The largest absolute Gasteiger partial charge is 0.493 e. The lowest BCUT2D eigenvalue weighted by atomic mass is 9.91. The van der Waals surface area contributed by atoms with E-state index in [-0.39, 0.29) is 33.8 Å². The third-order valence-electron chi connectivity index (χ3n) is 5.01. The Hall–Kier alpha value is -2.61. The van der Waals surface area contributed by atoms with Crippen LogP contribution in [0.5, 0.6) is 11.5 Å². The molecule has 0 saturated carbocycles. The van der Waals surface area contributed by atoms with Crippen LogP contribution in [0.3, 0.4) is 0 Å². The van der Waals surface area contributed by atoms with Crippen molar-refractivity contribution < 1.29 is 26.5 Å². The predicted octanol–water partition coefficient (Wildman–Crippen LogP) is 5.17. The average Bonchev–Trinajstić information content (AvgIpc) is 2.70. The van der Waals surface area contributed by atoms with E-state index < -0.39 is 15.9 Å². The van der Waals surface area contributed by atoms with E-state index in [0.717, 1.165) is 30.7 Å². The molecular formula is C24H32FNO5S. The maximum atomic E-state index is 13.2. The Kier molecular flexibility index (Phi) is 8.29. The van der Waals surface area contributed by atoms with E-state index in [1.807, 2.05) is 34.6 Å². The zero-order valence-corrected chi connectivity index (χ0v) is 20.3. The van der Waals surface area contributed by atoms with E-state index in [4.69, 9.17) is 8.92 Å². The number of carbonyl (C=O) groups is 1. The van der Waals surface area contributed by atoms with Gasteiger partial charge < -0.3 is 13.8 Å². The molecule has 0 aliphatic rings. The highest BCUT2D eigenvalue weighted by molar-refractivity contribution is 7.87. The van der Waals surface area contributed by atoms with E-state index >= 15 is 0 Å². The molecule has 0 aliphatic heterocycles. The number of carbonyl (C=O) groups excluding carboxylic acids is 1. The molecule has 0 bridgehead atoms. The van der Waals surface area contributed by atoms with Gasteiger partial charge in [-0.15, -0.1) is 0 Å². The van der Waals surface area contributed by atoms with E-state index in [1.165, 1.54) is 7.11 Å². The van der Waals surface area contributed by atoms with E-state index in [2.05, 4.69) is 0 Å². The molecule has 0 radical (unpaired) electrons. The lowest BCUT2D eigenvalue weighted by Crippen LogP contribution is -2.39. The summed E-state index contributed by atoms with van der Waals surface area (Å²) >= 11 is 0. The highest BCUT2D eigenvalue weighted by atomic mass is 32.2. The Morgan fingerprint density at radius 2 is 1.72 bits per heavy atom. The first-order chi connectivity index (χ1) is 14.9. The van der Waals surface area contributed by atoms with Crippen LogP contribution in [0.1, 0.15) is 53.0 Å². The molecule has 0 aromatic heterocycles. The Labute approximate surface area is 190 Å². The van der Waals surface area contributed by atoms with Crippen molar-refractivity contribution in [2.45, 2.75) is 64.9 Å². The molecular weight excluding hydrogens is 433 g/mol. The molecule has 32 heavy (non-hydrogen) atoms. The summed E-state index contributed by atoms with van der Waals surface area (Å²) < 4.78 is 49.1. The zero-order valence-electron chi connectivity index (χ0n) is 19.5. The number of nitrogens with zero attached hydrogens (tertiary/aromatic N) is 1. The second kappa shape index (κ2) is 10.3. The highest BCUT2D eigenvalue weighted by Gasteiger charge is 2.25. The molecule has 0 saturated heterocycles. The van der Waals surface area contributed by atoms with Gasteiger partial charge in [-0.05, 0) is 60.7 Å². The average molecular weight is 466 g/mol. The maximum absolute atomic E-state index is 13.2. The van der Waals surface area contributed by atoms with Crippen LogP contribution < -0.4 is 8.92 Å². The SMILES string of the molecule is CC[C@H](C)N(Cc1ccc(OC)c(OS(=O)(=O)c2ccc(F)cc2)c1)C(=O)CC(C)(C)C. The Balaban J connectivity index is 2.35. The van der Waals surface area contributed by atoms with Gasteiger partial charge >= 0.3 is 10.1 Å². The fourth-order valence-corrected chi connectivity index (χ4v) is 4.05. The minimum atomic E-state index is -4.20. The van der Waals surface area contributed by atoms with Crippen molar-refractivity contribution in [2.75, 3.05) is 7.11 Å². The number of rotatable bonds is 9. The fourth-order valence-electron chi connectivity index (χ4n) is 3.11. The fraction of sp³-hybridized carbons (Fsp3) is 0.458. The van der Waals surface area contributed by atoms with Gasteiger partial charge in [-0.3, -0.25) is 4.79 Å². The van der Waals surface area contributed by atoms with Crippen LogP contribution in [0.2, 0.25) is 0 Å². The molecule has 0 spiro atoms. The van der Waals surface area contributed by atoms with Gasteiger partial charge in [0.1, 0.15) is 10.7 Å². The molecule has 176 valence electrons. The summed E-state index contributed by atoms with van der Waals surface area (Å²) in [4.78, 5) is 14.6. The Morgan fingerprint density at radius 1 is 1.09 bits per heavy atom. The van der Waals surface area contributed by atoms with Crippen molar-refractivity contribution in [3.05, 3.63) is 53.8 Å². The molecule has 2 aromatic carbocycles. The molecule has 2 aromatic rings. The lowest BCUT2D eigenvalue weighted by Gasteiger charge is -2.31. The summed E-state index contributed by atoms with van der Waals surface area (Å²) in [5, 5.41) is 0. The maximum Gasteiger partial charge on any atom is 0.339 e. The van der Waals surface area contributed by atoms with Crippen LogP contribution in [-0.4, -0.2) is 32.4 Å². The number of halogens is 1. The smallest absolute Gasteiger partial charge is 0.339 e. The third kappa shape index (κ3) is 6.95. The van der Waals surface area contributed by atoms with Crippen LogP contribution in [-0.2, 0) is 21.5 Å². The van der Waals surface area contributed by atoms with Crippen LogP contribution in [0.15, 0.2) is 47.4 Å². The van der Waals surface area contributed by atoms with Crippen LogP contribution in [0.25, 0.3) is 0 Å². The summed E-state index contributed by atoms with van der Waals surface area (Å²) in [5.41, 5.74) is 0.554. The van der Waals surface area contributed by atoms with Crippen molar-refractivity contribution in [1.29, 1.82) is 0 Å². The Bertz CT molecular complexity index is 1030.